The van der Waals surface area contributed by atoms with Crippen molar-refractivity contribution in [3.05, 3.63) is 70.8 Å². The van der Waals surface area contributed by atoms with Crippen LogP contribution in [0.3, 0.4) is 0 Å². The third-order valence-electron chi connectivity index (χ3n) is 6.32. The van der Waals surface area contributed by atoms with Crippen molar-refractivity contribution in [3.8, 4) is 5.75 Å². The van der Waals surface area contributed by atoms with Gasteiger partial charge >= 0.3 is 0 Å². The monoisotopic (exact) mass is 507 g/mol. The topological polar surface area (TPSA) is 76.1 Å². The first-order chi connectivity index (χ1) is 17.4. The predicted molar refractivity (Wildman–Crippen MR) is 147 cm³/mol. The molecule has 6 nitrogen and oxygen atoms in total. The van der Waals surface area contributed by atoms with Crippen molar-refractivity contribution in [2.45, 2.75) is 72.4 Å². The molecule has 1 atom stereocenters. The Labute approximate surface area is 221 Å². The lowest BCUT2D eigenvalue weighted by molar-refractivity contribution is -0.140. The Bertz CT molecular complexity index is 1130. The van der Waals surface area contributed by atoms with Gasteiger partial charge in [0.2, 0.25) is 0 Å². The number of aliphatic hydroxyl groups excluding tert-OH is 1. The number of nitrogens with zero attached hydrogens (tertiary/aromatic N) is 1. The fourth-order valence-corrected chi connectivity index (χ4v) is 4.33. The van der Waals surface area contributed by atoms with Gasteiger partial charge in [0.15, 0.2) is 0 Å². The Morgan fingerprint density at radius 1 is 1.03 bits per heavy atom. The standard InChI is InChI=1S/C31H41NO5/c1-20(2)19-37-25-11-8-10-23(18-25)28(33)26-27(22-12-14-24(15-13-22)31(5,6)7)32(30(35)29(26)34)16-9-17-36-21(3)4/h8,10-15,18,20-21,27,33H,9,16-17,19H2,1-7H3/b28-26-. The van der Waals surface area contributed by atoms with Gasteiger partial charge in [-0.1, -0.05) is 71.0 Å². The average molecular weight is 508 g/mol. The molecule has 0 spiro atoms. The molecule has 37 heavy (non-hydrogen) atoms. The van der Waals surface area contributed by atoms with Gasteiger partial charge in [-0.3, -0.25) is 9.59 Å². The SMILES string of the molecule is CC(C)COc1cccc(/C(O)=C2/C(=O)C(=O)N(CCCOC(C)C)C2c2ccc(C(C)(C)C)cc2)c1. The molecule has 1 heterocycles. The zero-order valence-corrected chi connectivity index (χ0v) is 23.2. The number of hydrogen-bond donors (Lipinski definition) is 1. The van der Waals surface area contributed by atoms with E-state index in [4.69, 9.17) is 9.47 Å². The van der Waals surface area contributed by atoms with Gasteiger partial charge in [-0.25, -0.2) is 0 Å². The molecular weight excluding hydrogens is 466 g/mol. The molecule has 1 amide bonds. The van der Waals surface area contributed by atoms with Crippen LogP contribution >= 0.6 is 0 Å². The molecule has 3 rings (SSSR count). The molecule has 2 aromatic rings. The molecule has 1 N–H and O–H groups in total. The van der Waals surface area contributed by atoms with Gasteiger partial charge < -0.3 is 19.5 Å². The van der Waals surface area contributed by atoms with E-state index in [2.05, 4.69) is 34.6 Å². The first-order valence-electron chi connectivity index (χ1n) is 13.1. The van der Waals surface area contributed by atoms with Crippen LogP contribution in [0.25, 0.3) is 5.76 Å². The predicted octanol–water partition coefficient (Wildman–Crippen LogP) is 6.26. The summed E-state index contributed by atoms with van der Waals surface area (Å²) in [5, 5.41) is 11.4. The lowest BCUT2D eigenvalue weighted by atomic mass is 9.85. The van der Waals surface area contributed by atoms with Gasteiger partial charge in [-0.2, -0.15) is 0 Å². The van der Waals surface area contributed by atoms with E-state index >= 15 is 0 Å². The molecule has 0 bridgehead atoms. The molecule has 1 aliphatic rings. The number of likely N-dealkylation sites (tertiary alicyclic amines) is 1. The highest BCUT2D eigenvalue weighted by Gasteiger charge is 2.45. The zero-order chi connectivity index (χ0) is 27.3. The number of amides is 1. The summed E-state index contributed by atoms with van der Waals surface area (Å²) in [7, 11) is 0. The second-order valence-corrected chi connectivity index (χ2v) is 11.4. The van der Waals surface area contributed by atoms with Crippen molar-refractivity contribution in [1.29, 1.82) is 0 Å². The molecule has 0 aliphatic carbocycles. The largest absolute Gasteiger partial charge is 0.507 e. The molecule has 200 valence electrons. The number of rotatable bonds is 10. The Morgan fingerprint density at radius 2 is 1.70 bits per heavy atom. The van der Waals surface area contributed by atoms with Crippen LogP contribution in [0.2, 0.25) is 0 Å². The van der Waals surface area contributed by atoms with E-state index in [1.54, 1.807) is 23.1 Å². The lowest BCUT2D eigenvalue weighted by Crippen LogP contribution is -2.31. The summed E-state index contributed by atoms with van der Waals surface area (Å²) in [6, 6.07) is 14.3. The van der Waals surface area contributed by atoms with Crippen LogP contribution in [0.5, 0.6) is 5.75 Å². The number of hydrogen-bond acceptors (Lipinski definition) is 5. The highest BCUT2D eigenvalue weighted by molar-refractivity contribution is 6.46. The summed E-state index contributed by atoms with van der Waals surface area (Å²) in [6.45, 7) is 15.8. The molecule has 2 aromatic carbocycles. The van der Waals surface area contributed by atoms with Crippen LogP contribution in [-0.2, 0) is 19.7 Å². The molecule has 6 heteroatoms. The fourth-order valence-electron chi connectivity index (χ4n) is 4.33. The van der Waals surface area contributed by atoms with Crippen LogP contribution in [0.15, 0.2) is 54.1 Å². The number of aliphatic hydroxyl groups is 1. The van der Waals surface area contributed by atoms with Crippen LogP contribution < -0.4 is 4.74 Å². The number of carbonyl (C=O) groups is 2. The summed E-state index contributed by atoms with van der Waals surface area (Å²) in [4.78, 5) is 28.1. The highest BCUT2D eigenvalue weighted by atomic mass is 16.5. The maximum atomic E-state index is 13.3. The number of ether oxygens (including phenoxy) is 2. The minimum Gasteiger partial charge on any atom is -0.507 e. The summed E-state index contributed by atoms with van der Waals surface area (Å²) in [5.74, 6) is -0.537. The summed E-state index contributed by atoms with van der Waals surface area (Å²) >= 11 is 0. The molecule has 1 aliphatic heterocycles. The number of ketones is 1. The Balaban J connectivity index is 2.04. The first kappa shape index (κ1) is 28.5. The van der Waals surface area contributed by atoms with Crippen molar-refractivity contribution in [2.24, 2.45) is 5.92 Å². The van der Waals surface area contributed by atoms with Gasteiger partial charge in [-0.15, -0.1) is 0 Å². The van der Waals surface area contributed by atoms with Crippen LogP contribution in [0.1, 0.15) is 77.6 Å². The summed E-state index contributed by atoms with van der Waals surface area (Å²) in [5.41, 5.74) is 2.43. The summed E-state index contributed by atoms with van der Waals surface area (Å²) in [6.07, 6.45) is 0.668. The van der Waals surface area contributed by atoms with Crippen molar-refractivity contribution < 1.29 is 24.2 Å². The normalized spacial score (nSPS) is 17.8. The maximum absolute atomic E-state index is 13.3. The minimum atomic E-state index is -0.687. The Kier molecular flexibility index (Phi) is 9.19. The van der Waals surface area contributed by atoms with E-state index in [-0.39, 0.29) is 22.9 Å². The highest BCUT2D eigenvalue weighted by Crippen LogP contribution is 2.40. The maximum Gasteiger partial charge on any atom is 0.295 e. The van der Waals surface area contributed by atoms with Crippen molar-refractivity contribution >= 4 is 17.4 Å². The molecule has 1 unspecified atom stereocenters. The first-order valence-corrected chi connectivity index (χ1v) is 13.1. The number of carbonyl (C=O) groups excluding carboxylic acids is 2. The van der Waals surface area contributed by atoms with E-state index in [1.165, 1.54) is 0 Å². The third kappa shape index (κ3) is 7.01. The van der Waals surface area contributed by atoms with Crippen molar-refractivity contribution in [2.75, 3.05) is 19.8 Å². The van der Waals surface area contributed by atoms with E-state index in [0.29, 0.717) is 43.4 Å². The number of Topliss-reactive ketones (excluding diaryl/α,β-unsaturated/α-hetero) is 1. The molecular formula is C31H41NO5. The minimum absolute atomic E-state index is 0.0368. The number of benzene rings is 2. The molecule has 0 aromatic heterocycles. The molecule has 0 saturated carbocycles. The quantitative estimate of drug-likeness (QED) is 0.178. The van der Waals surface area contributed by atoms with Gasteiger partial charge in [0, 0.05) is 18.7 Å². The summed E-state index contributed by atoms with van der Waals surface area (Å²) < 4.78 is 11.5. The van der Waals surface area contributed by atoms with Crippen LogP contribution in [-0.4, -0.2) is 47.6 Å². The second-order valence-electron chi connectivity index (χ2n) is 11.4. The van der Waals surface area contributed by atoms with Crippen molar-refractivity contribution in [3.63, 3.8) is 0 Å². The van der Waals surface area contributed by atoms with Gasteiger partial charge in [0.1, 0.15) is 11.5 Å². The fraction of sp³-hybridized carbons (Fsp3) is 0.484. The molecule has 1 fully saturated rings. The Morgan fingerprint density at radius 3 is 2.30 bits per heavy atom. The lowest BCUT2D eigenvalue weighted by Gasteiger charge is -2.26. The zero-order valence-electron chi connectivity index (χ0n) is 23.2. The van der Waals surface area contributed by atoms with Crippen LogP contribution in [0.4, 0.5) is 0 Å². The molecule has 0 radical (unpaired) electrons. The third-order valence-corrected chi connectivity index (χ3v) is 6.32. The molecule has 1 saturated heterocycles. The van der Waals surface area contributed by atoms with Gasteiger partial charge in [-0.05, 0) is 54.9 Å². The van der Waals surface area contributed by atoms with E-state index in [9.17, 15) is 14.7 Å². The van der Waals surface area contributed by atoms with Gasteiger partial charge in [0.25, 0.3) is 11.7 Å². The average Bonchev–Trinajstić information content (AvgIpc) is 3.09. The van der Waals surface area contributed by atoms with Crippen molar-refractivity contribution in [1.82, 2.24) is 4.90 Å². The second kappa shape index (κ2) is 12.0. The van der Waals surface area contributed by atoms with Crippen LogP contribution in [0, 0.1) is 5.92 Å². The van der Waals surface area contributed by atoms with E-state index in [0.717, 1.165) is 11.1 Å². The smallest absolute Gasteiger partial charge is 0.295 e. The van der Waals surface area contributed by atoms with Gasteiger partial charge in [0.05, 0.1) is 24.3 Å². The van der Waals surface area contributed by atoms with E-state index in [1.807, 2.05) is 44.2 Å². The van der Waals surface area contributed by atoms with E-state index < -0.39 is 17.7 Å². The Hall–Kier alpha value is -3.12.